The molecule has 0 aliphatic rings. The Balaban J connectivity index is 3.53. The molecule has 0 aromatic carbocycles. The summed E-state index contributed by atoms with van der Waals surface area (Å²) >= 11 is 2.42. The first-order valence-corrected chi connectivity index (χ1v) is 9.42. The van der Waals surface area contributed by atoms with Crippen molar-refractivity contribution in [2.24, 2.45) is 0 Å². The largest absolute Gasteiger partial charge is 0.397 e. The van der Waals surface area contributed by atoms with Gasteiger partial charge < -0.3 is 8.85 Å². The molecule has 0 heterocycles. The van der Waals surface area contributed by atoms with Gasteiger partial charge in [-0.05, 0) is 29.7 Å². The van der Waals surface area contributed by atoms with Gasteiger partial charge in [-0.2, -0.15) is 0 Å². The van der Waals surface area contributed by atoms with Gasteiger partial charge in [-0.1, -0.05) is 49.3 Å². The molecule has 0 aromatic rings. The molecule has 0 fully saturated rings. The van der Waals surface area contributed by atoms with Crippen molar-refractivity contribution in [3.8, 4) is 0 Å². The summed E-state index contributed by atoms with van der Waals surface area (Å²) in [4.78, 5) is 0. The number of halogens is 1. The van der Waals surface area contributed by atoms with Gasteiger partial charge in [-0.15, -0.1) is 0 Å². The van der Waals surface area contributed by atoms with E-state index in [-0.39, 0.29) is 0 Å². The first-order valence-electron chi connectivity index (χ1n) is 6.14. The van der Waals surface area contributed by atoms with Gasteiger partial charge in [0, 0.05) is 13.2 Å². The number of unbranched alkanes of at least 4 members (excludes halogenated alkanes) is 2. The summed E-state index contributed by atoms with van der Waals surface area (Å²) in [6, 6.07) is 1.18. The minimum absolute atomic E-state index is 0.904. The molecule has 0 saturated heterocycles. The Bertz CT molecular complexity index is 115. The molecule has 0 rings (SSSR count). The van der Waals surface area contributed by atoms with Crippen LogP contribution in [0.25, 0.3) is 0 Å². The molecule has 2 nitrogen and oxygen atoms in total. The van der Waals surface area contributed by atoms with Crippen LogP contribution in [0.3, 0.4) is 0 Å². The van der Waals surface area contributed by atoms with Crippen molar-refractivity contribution >= 4 is 31.9 Å². The number of hydrogen-bond donors (Lipinski definition) is 0. The van der Waals surface area contributed by atoms with E-state index in [9.17, 15) is 0 Å². The third kappa shape index (κ3) is 11.1. The molecule has 0 bridgehead atoms. The van der Waals surface area contributed by atoms with Gasteiger partial charge in [0.1, 0.15) is 0 Å². The van der Waals surface area contributed by atoms with E-state index in [0.717, 1.165) is 13.2 Å². The summed E-state index contributed by atoms with van der Waals surface area (Å²) in [7, 11) is -1.32. The van der Waals surface area contributed by atoms with Gasteiger partial charge in [-0.3, -0.25) is 0 Å². The molecule has 15 heavy (non-hydrogen) atoms. The molecule has 0 atom stereocenters. The van der Waals surface area contributed by atoms with E-state index in [0.29, 0.717) is 0 Å². The smallest absolute Gasteiger partial charge is 0.321 e. The SMILES string of the molecule is CCCCO[SiH](CCCI)OCCCC. The van der Waals surface area contributed by atoms with Crippen LogP contribution in [-0.4, -0.2) is 26.9 Å². The van der Waals surface area contributed by atoms with E-state index in [1.807, 2.05) is 0 Å². The average Bonchev–Trinajstić information content (AvgIpc) is 2.25. The van der Waals surface area contributed by atoms with Crippen molar-refractivity contribution in [3.05, 3.63) is 0 Å². The lowest BCUT2D eigenvalue weighted by molar-refractivity contribution is 0.191. The van der Waals surface area contributed by atoms with Crippen LogP contribution in [0.15, 0.2) is 0 Å². The maximum atomic E-state index is 5.84. The highest BCUT2D eigenvalue weighted by Crippen LogP contribution is 2.06. The minimum Gasteiger partial charge on any atom is -0.397 e. The van der Waals surface area contributed by atoms with Gasteiger partial charge in [0.15, 0.2) is 0 Å². The Hall–Kier alpha value is 0.867. The molecular weight excluding hydrogens is 319 g/mol. The fraction of sp³-hybridized carbons (Fsp3) is 1.00. The van der Waals surface area contributed by atoms with E-state index >= 15 is 0 Å². The van der Waals surface area contributed by atoms with Crippen molar-refractivity contribution < 1.29 is 8.85 Å². The van der Waals surface area contributed by atoms with E-state index in [1.165, 1.54) is 42.6 Å². The Morgan fingerprint density at radius 1 is 0.933 bits per heavy atom. The van der Waals surface area contributed by atoms with Gasteiger partial charge in [-0.25, -0.2) is 0 Å². The van der Waals surface area contributed by atoms with Crippen molar-refractivity contribution in [1.82, 2.24) is 0 Å². The molecule has 0 radical (unpaired) electrons. The van der Waals surface area contributed by atoms with Crippen LogP contribution in [0.1, 0.15) is 46.0 Å². The first-order chi connectivity index (χ1) is 7.35. The Morgan fingerprint density at radius 2 is 1.47 bits per heavy atom. The standard InChI is InChI=1S/C11H25IO2Si/c1-3-5-9-13-15(11-7-8-12)14-10-6-4-2/h15H,3-11H2,1-2H3. The van der Waals surface area contributed by atoms with Gasteiger partial charge in [0.2, 0.25) is 0 Å². The fourth-order valence-corrected chi connectivity index (χ4v) is 4.27. The molecule has 0 N–H and O–H groups in total. The molecule has 0 amide bonds. The third-order valence-electron chi connectivity index (χ3n) is 2.18. The van der Waals surface area contributed by atoms with Crippen molar-refractivity contribution in [2.75, 3.05) is 17.6 Å². The Kier molecular flexibility index (Phi) is 13.7. The second kappa shape index (κ2) is 12.9. The van der Waals surface area contributed by atoms with Crippen molar-refractivity contribution in [1.29, 1.82) is 0 Å². The molecule has 0 aromatic heterocycles. The lowest BCUT2D eigenvalue weighted by atomic mass is 10.4. The van der Waals surface area contributed by atoms with E-state index in [1.54, 1.807) is 0 Å². The molecule has 92 valence electrons. The molecule has 4 heteroatoms. The quantitative estimate of drug-likeness (QED) is 0.246. The van der Waals surface area contributed by atoms with Crippen LogP contribution in [-0.2, 0) is 8.85 Å². The van der Waals surface area contributed by atoms with E-state index < -0.39 is 9.28 Å². The number of alkyl halides is 1. The minimum atomic E-state index is -1.32. The number of hydrogen-bond acceptors (Lipinski definition) is 2. The second-order valence-corrected chi connectivity index (χ2v) is 6.89. The summed E-state index contributed by atoms with van der Waals surface area (Å²) in [6.45, 7) is 6.20. The van der Waals surface area contributed by atoms with E-state index in [2.05, 4.69) is 36.4 Å². The van der Waals surface area contributed by atoms with Crippen LogP contribution in [0.4, 0.5) is 0 Å². The fourth-order valence-electron chi connectivity index (χ4n) is 1.18. The van der Waals surface area contributed by atoms with Gasteiger partial charge in [0.25, 0.3) is 0 Å². The maximum Gasteiger partial charge on any atom is 0.321 e. The highest BCUT2D eigenvalue weighted by atomic mass is 127. The van der Waals surface area contributed by atoms with Crippen LogP contribution in [0.2, 0.25) is 6.04 Å². The third-order valence-corrected chi connectivity index (χ3v) is 5.03. The predicted molar refractivity (Wildman–Crippen MR) is 77.2 cm³/mol. The average molecular weight is 344 g/mol. The topological polar surface area (TPSA) is 18.5 Å². The molecule has 0 aliphatic carbocycles. The molecule has 0 unspecified atom stereocenters. The zero-order valence-electron chi connectivity index (χ0n) is 10.1. The lowest BCUT2D eigenvalue weighted by Crippen LogP contribution is -2.24. The van der Waals surface area contributed by atoms with Gasteiger partial charge in [0.05, 0.1) is 0 Å². The summed E-state index contributed by atoms with van der Waals surface area (Å²) in [5.41, 5.74) is 0. The highest BCUT2D eigenvalue weighted by molar-refractivity contribution is 14.1. The van der Waals surface area contributed by atoms with Crippen molar-refractivity contribution in [3.63, 3.8) is 0 Å². The Morgan fingerprint density at radius 3 is 1.87 bits per heavy atom. The van der Waals surface area contributed by atoms with E-state index in [4.69, 9.17) is 8.85 Å². The predicted octanol–water partition coefficient (Wildman–Crippen LogP) is 3.67. The number of rotatable bonds is 11. The van der Waals surface area contributed by atoms with Crippen LogP contribution < -0.4 is 0 Å². The van der Waals surface area contributed by atoms with Crippen molar-refractivity contribution in [2.45, 2.75) is 52.0 Å². The molecule has 0 saturated carbocycles. The zero-order chi connectivity index (χ0) is 11.4. The lowest BCUT2D eigenvalue weighted by Gasteiger charge is -2.16. The summed E-state index contributed by atoms with van der Waals surface area (Å²) in [5, 5.41) is 0. The monoisotopic (exact) mass is 344 g/mol. The van der Waals surface area contributed by atoms with Crippen LogP contribution in [0, 0.1) is 0 Å². The second-order valence-electron chi connectivity index (χ2n) is 3.71. The maximum absolute atomic E-state index is 5.84. The normalized spacial score (nSPS) is 11.2. The van der Waals surface area contributed by atoms with Gasteiger partial charge >= 0.3 is 9.28 Å². The summed E-state index contributed by atoms with van der Waals surface area (Å²) in [6.07, 6.45) is 6.01. The molecule has 0 spiro atoms. The summed E-state index contributed by atoms with van der Waals surface area (Å²) in [5.74, 6) is 0. The zero-order valence-corrected chi connectivity index (χ0v) is 13.4. The van der Waals surface area contributed by atoms with Crippen LogP contribution >= 0.6 is 22.6 Å². The highest BCUT2D eigenvalue weighted by Gasteiger charge is 2.12. The Labute approximate surface area is 110 Å². The molecule has 0 aliphatic heterocycles. The summed E-state index contributed by atoms with van der Waals surface area (Å²) < 4.78 is 12.9. The molecular formula is C11H25IO2Si. The first kappa shape index (κ1) is 15.9. The van der Waals surface area contributed by atoms with Crippen LogP contribution in [0.5, 0.6) is 0 Å².